The number of benzene rings is 2. The molecular weight excluding hydrogens is 422 g/mol. The lowest BCUT2D eigenvalue weighted by atomic mass is 9.94. The molecule has 0 amide bonds. The Kier molecular flexibility index (Phi) is 5.52. The summed E-state index contributed by atoms with van der Waals surface area (Å²) in [6, 6.07) is 16.7. The van der Waals surface area contributed by atoms with E-state index in [-0.39, 0.29) is 23.5 Å². The van der Waals surface area contributed by atoms with E-state index >= 15 is 0 Å². The van der Waals surface area contributed by atoms with Crippen LogP contribution in [0.5, 0.6) is 0 Å². The van der Waals surface area contributed by atoms with Crippen molar-refractivity contribution in [2.24, 2.45) is 7.05 Å². The standard InChI is InChI=1S/C21H20ClN5O2S/c1-26-13-21(24-14-26)30(28,29)27-11-19(16-5-3-2-4-6-16)20(12-27)25-18-8-15(10-23)7-17(22)9-18/h2-9,13-14,19-20,25H,11-12H2,1H3/t19-,20+/m0/s1. The fourth-order valence-electron chi connectivity index (χ4n) is 3.75. The first-order valence-electron chi connectivity index (χ1n) is 9.37. The molecule has 0 unspecified atom stereocenters. The molecule has 7 nitrogen and oxygen atoms in total. The number of nitriles is 1. The largest absolute Gasteiger partial charge is 0.380 e. The number of aromatic nitrogens is 2. The molecule has 3 aromatic rings. The van der Waals surface area contributed by atoms with E-state index in [1.54, 1.807) is 29.8 Å². The molecule has 2 aromatic carbocycles. The highest BCUT2D eigenvalue weighted by atomic mass is 35.5. The van der Waals surface area contributed by atoms with Crippen molar-refractivity contribution >= 4 is 27.3 Å². The van der Waals surface area contributed by atoms with Crippen LogP contribution in [0.25, 0.3) is 0 Å². The maximum Gasteiger partial charge on any atom is 0.262 e. The zero-order valence-electron chi connectivity index (χ0n) is 16.2. The van der Waals surface area contributed by atoms with E-state index in [1.165, 1.54) is 16.8 Å². The molecule has 1 N–H and O–H groups in total. The van der Waals surface area contributed by atoms with Gasteiger partial charge in [0.05, 0.1) is 18.0 Å². The molecule has 0 saturated carbocycles. The Morgan fingerprint density at radius 3 is 2.63 bits per heavy atom. The highest BCUT2D eigenvalue weighted by Gasteiger charge is 2.41. The molecule has 4 rings (SSSR count). The van der Waals surface area contributed by atoms with Crippen molar-refractivity contribution < 1.29 is 8.42 Å². The molecule has 154 valence electrons. The van der Waals surface area contributed by atoms with Crippen molar-refractivity contribution in [1.82, 2.24) is 13.9 Å². The quantitative estimate of drug-likeness (QED) is 0.656. The molecule has 0 radical (unpaired) electrons. The first kappa shape index (κ1) is 20.4. The van der Waals surface area contributed by atoms with Gasteiger partial charge in [-0.3, -0.25) is 0 Å². The third kappa shape index (κ3) is 4.05. The van der Waals surface area contributed by atoms with Crippen LogP contribution < -0.4 is 5.32 Å². The minimum atomic E-state index is -3.72. The highest BCUT2D eigenvalue weighted by molar-refractivity contribution is 7.89. The average Bonchev–Trinajstić information content (AvgIpc) is 3.35. The van der Waals surface area contributed by atoms with Gasteiger partial charge in [-0.1, -0.05) is 41.9 Å². The van der Waals surface area contributed by atoms with Gasteiger partial charge in [-0.05, 0) is 23.8 Å². The lowest BCUT2D eigenvalue weighted by Crippen LogP contribution is -2.32. The number of aryl methyl sites for hydroxylation is 1. The van der Waals surface area contributed by atoms with Gasteiger partial charge in [-0.2, -0.15) is 9.57 Å². The third-order valence-electron chi connectivity index (χ3n) is 5.18. The maximum absolute atomic E-state index is 13.1. The van der Waals surface area contributed by atoms with Crippen LogP contribution in [0.4, 0.5) is 5.69 Å². The van der Waals surface area contributed by atoms with Crippen LogP contribution in [-0.4, -0.2) is 41.4 Å². The molecule has 0 spiro atoms. The fraction of sp³-hybridized carbons (Fsp3) is 0.238. The average molecular weight is 442 g/mol. The normalized spacial score (nSPS) is 19.5. The van der Waals surface area contributed by atoms with Gasteiger partial charge in [-0.15, -0.1) is 0 Å². The lowest BCUT2D eigenvalue weighted by molar-refractivity contribution is 0.468. The van der Waals surface area contributed by atoms with Crippen molar-refractivity contribution in [3.63, 3.8) is 0 Å². The van der Waals surface area contributed by atoms with Gasteiger partial charge in [0.25, 0.3) is 10.0 Å². The Labute approximate surface area is 180 Å². The van der Waals surface area contributed by atoms with Crippen LogP contribution in [0.15, 0.2) is 66.1 Å². The van der Waals surface area contributed by atoms with Gasteiger partial charge in [0.1, 0.15) is 0 Å². The summed E-state index contributed by atoms with van der Waals surface area (Å²) >= 11 is 6.14. The Bertz CT molecular complexity index is 1200. The maximum atomic E-state index is 13.1. The summed E-state index contributed by atoms with van der Waals surface area (Å²) < 4.78 is 29.3. The zero-order valence-corrected chi connectivity index (χ0v) is 17.8. The Balaban J connectivity index is 1.67. The van der Waals surface area contributed by atoms with E-state index < -0.39 is 10.0 Å². The Morgan fingerprint density at radius 2 is 1.97 bits per heavy atom. The van der Waals surface area contributed by atoms with E-state index in [0.717, 1.165) is 5.56 Å². The van der Waals surface area contributed by atoms with Crippen LogP contribution in [0.2, 0.25) is 5.02 Å². The Morgan fingerprint density at radius 1 is 1.20 bits per heavy atom. The molecule has 1 aliphatic rings. The molecule has 0 bridgehead atoms. The first-order chi connectivity index (χ1) is 14.4. The zero-order chi connectivity index (χ0) is 21.3. The molecule has 30 heavy (non-hydrogen) atoms. The molecule has 1 aliphatic heterocycles. The summed E-state index contributed by atoms with van der Waals surface area (Å²) in [6.07, 6.45) is 2.98. The molecule has 1 aromatic heterocycles. The first-order valence-corrected chi connectivity index (χ1v) is 11.2. The number of sulfonamides is 1. The smallest absolute Gasteiger partial charge is 0.262 e. The van der Waals surface area contributed by atoms with Gasteiger partial charge in [0.15, 0.2) is 5.03 Å². The van der Waals surface area contributed by atoms with Gasteiger partial charge in [0.2, 0.25) is 0 Å². The topological polar surface area (TPSA) is 91.0 Å². The summed E-state index contributed by atoms with van der Waals surface area (Å²) in [5.74, 6) is -0.0748. The molecule has 2 atom stereocenters. The number of anilines is 1. The minimum absolute atomic E-state index is 0.0342. The van der Waals surface area contributed by atoms with Crippen molar-refractivity contribution in [2.45, 2.75) is 17.0 Å². The second-order valence-corrected chi connectivity index (χ2v) is 9.63. The van der Waals surface area contributed by atoms with Gasteiger partial charge < -0.3 is 9.88 Å². The molecule has 1 saturated heterocycles. The van der Waals surface area contributed by atoms with Crippen molar-refractivity contribution in [2.75, 3.05) is 18.4 Å². The van der Waals surface area contributed by atoms with Crippen LogP contribution >= 0.6 is 11.6 Å². The predicted octanol–water partition coefficient (Wildman–Crippen LogP) is 3.21. The molecule has 0 aliphatic carbocycles. The number of imidazole rings is 1. The SMILES string of the molecule is Cn1cnc(S(=O)(=O)N2C[C@@H](Nc3cc(Cl)cc(C#N)c3)[C@H](c3ccccc3)C2)c1. The van der Waals surface area contributed by atoms with Gasteiger partial charge in [-0.25, -0.2) is 13.4 Å². The van der Waals surface area contributed by atoms with Crippen LogP contribution in [0.3, 0.4) is 0 Å². The number of hydrogen-bond acceptors (Lipinski definition) is 5. The Hall–Kier alpha value is -2.86. The summed E-state index contributed by atoms with van der Waals surface area (Å²) in [4.78, 5) is 4.03. The van der Waals surface area contributed by atoms with Gasteiger partial charge in [0, 0.05) is 49.0 Å². The second kappa shape index (κ2) is 8.11. The van der Waals surface area contributed by atoms with E-state index in [2.05, 4.69) is 16.4 Å². The molecule has 2 heterocycles. The highest BCUT2D eigenvalue weighted by Crippen LogP contribution is 2.33. The summed E-state index contributed by atoms with van der Waals surface area (Å²) in [6.45, 7) is 0.596. The van der Waals surface area contributed by atoms with Crippen LogP contribution in [-0.2, 0) is 17.1 Å². The van der Waals surface area contributed by atoms with E-state index in [4.69, 9.17) is 11.6 Å². The number of nitrogens with zero attached hydrogens (tertiary/aromatic N) is 4. The summed E-state index contributed by atoms with van der Waals surface area (Å²) in [5, 5.41) is 13.1. The second-order valence-electron chi connectivity index (χ2n) is 7.31. The summed E-state index contributed by atoms with van der Waals surface area (Å²) in [5.41, 5.74) is 2.16. The van der Waals surface area contributed by atoms with E-state index in [0.29, 0.717) is 22.8 Å². The molecular formula is C21H20ClN5O2S. The van der Waals surface area contributed by atoms with Gasteiger partial charge >= 0.3 is 0 Å². The van der Waals surface area contributed by atoms with Crippen molar-refractivity contribution in [3.8, 4) is 6.07 Å². The van der Waals surface area contributed by atoms with E-state index in [1.807, 2.05) is 30.3 Å². The van der Waals surface area contributed by atoms with Crippen LogP contribution in [0.1, 0.15) is 17.0 Å². The third-order valence-corrected chi connectivity index (χ3v) is 7.11. The minimum Gasteiger partial charge on any atom is -0.380 e. The number of halogens is 1. The number of nitrogens with one attached hydrogen (secondary N) is 1. The summed E-state index contributed by atoms with van der Waals surface area (Å²) in [7, 11) is -1.99. The fourth-order valence-corrected chi connectivity index (χ4v) is 5.45. The van der Waals surface area contributed by atoms with Crippen molar-refractivity contribution in [3.05, 3.63) is 77.2 Å². The monoisotopic (exact) mass is 441 g/mol. The predicted molar refractivity (Wildman–Crippen MR) is 115 cm³/mol. The molecule has 1 fully saturated rings. The number of rotatable bonds is 5. The van der Waals surface area contributed by atoms with E-state index in [9.17, 15) is 13.7 Å². The molecule has 9 heteroatoms. The number of hydrogen-bond donors (Lipinski definition) is 1. The van der Waals surface area contributed by atoms with Crippen LogP contribution in [0, 0.1) is 11.3 Å². The lowest BCUT2D eigenvalue weighted by Gasteiger charge is -2.21. The van der Waals surface area contributed by atoms with Crippen molar-refractivity contribution in [1.29, 1.82) is 5.26 Å².